The number of rotatable bonds is 7. The minimum atomic E-state index is 0.633. The lowest BCUT2D eigenvalue weighted by atomic mass is 10.1. The Morgan fingerprint density at radius 3 is 2.74 bits per heavy atom. The fourth-order valence-corrected chi connectivity index (χ4v) is 1.89. The van der Waals surface area contributed by atoms with Gasteiger partial charge in [0.2, 0.25) is 6.33 Å². The van der Waals surface area contributed by atoms with E-state index < -0.39 is 0 Å². The Balaban J connectivity index is 1.79. The van der Waals surface area contributed by atoms with Gasteiger partial charge in [-0.05, 0) is 17.9 Å². The van der Waals surface area contributed by atoms with E-state index in [9.17, 15) is 0 Å². The van der Waals surface area contributed by atoms with Gasteiger partial charge in [-0.15, -0.1) is 0 Å². The second-order valence-corrected chi connectivity index (χ2v) is 5.31. The predicted octanol–water partition coefficient (Wildman–Crippen LogP) is 2.84. The van der Waals surface area contributed by atoms with Crippen LogP contribution in [0.3, 0.4) is 0 Å². The summed E-state index contributed by atoms with van der Waals surface area (Å²) in [6.45, 7) is 6.79. The summed E-state index contributed by atoms with van der Waals surface area (Å²) in [5.74, 6) is 0.702. The van der Waals surface area contributed by atoms with Gasteiger partial charge < -0.3 is 4.74 Å². The van der Waals surface area contributed by atoms with Crippen molar-refractivity contribution in [1.29, 1.82) is 0 Å². The normalized spacial score (nSPS) is 11.1. The molecule has 102 valence electrons. The minimum absolute atomic E-state index is 0.633. The topological polar surface area (TPSA) is 18.0 Å². The van der Waals surface area contributed by atoms with Crippen molar-refractivity contribution in [3.63, 3.8) is 0 Å². The highest BCUT2D eigenvalue weighted by Crippen LogP contribution is 2.00. The van der Waals surface area contributed by atoms with Gasteiger partial charge in [-0.25, -0.2) is 9.13 Å². The zero-order valence-electron chi connectivity index (χ0n) is 11.8. The molecule has 0 unspecified atom stereocenters. The van der Waals surface area contributed by atoms with Gasteiger partial charge >= 0.3 is 0 Å². The van der Waals surface area contributed by atoms with Crippen molar-refractivity contribution in [2.24, 2.45) is 5.92 Å². The van der Waals surface area contributed by atoms with E-state index in [-0.39, 0.29) is 0 Å². The molecule has 0 atom stereocenters. The van der Waals surface area contributed by atoms with Gasteiger partial charge in [0.25, 0.3) is 0 Å². The zero-order valence-corrected chi connectivity index (χ0v) is 11.8. The summed E-state index contributed by atoms with van der Waals surface area (Å²) in [6, 6.07) is 10.5. The van der Waals surface area contributed by atoms with Crippen LogP contribution >= 0.6 is 0 Å². The van der Waals surface area contributed by atoms with Crippen LogP contribution in [-0.4, -0.2) is 11.2 Å². The highest BCUT2D eigenvalue weighted by atomic mass is 16.5. The third kappa shape index (κ3) is 4.87. The third-order valence-corrected chi connectivity index (χ3v) is 3.03. The molecule has 1 heterocycles. The number of hydrogen-bond acceptors (Lipinski definition) is 1. The van der Waals surface area contributed by atoms with Crippen LogP contribution in [0.1, 0.15) is 25.8 Å². The summed E-state index contributed by atoms with van der Waals surface area (Å²) in [6.07, 6.45) is 7.34. The monoisotopic (exact) mass is 259 g/mol. The van der Waals surface area contributed by atoms with Gasteiger partial charge in [-0.1, -0.05) is 44.2 Å². The average Bonchev–Trinajstić information content (AvgIpc) is 2.83. The van der Waals surface area contributed by atoms with Gasteiger partial charge in [0.1, 0.15) is 18.9 Å². The molecule has 0 saturated carbocycles. The molecule has 0 bridgehead atoms. The predicted molar refractivity (Wildman–Crippen MR) is 75.6 cm³/mol. The van der Waals surface area contributed by atoms with Crippen LogP contribution in [0.5, 0.6) is 0 Å². The number of hydrogen-bond donors (Lipinski definition) is 0. The molecule has 0 N–H and O–H groups in total. The maximum absolute atomic E-state index is 5.64. The Morgan fingerprint density at radius 1 is 1.21 bits per heavy atom. The summed E-state index contributed by atoms with van der Waals surface area (Å²) in [7, 11) is 0. The second-order valence-electron chi connectivity index (χ2n) is 5.31. The molecule has 1 aromatic carbocycles. The first kappa shape index (κ1) is 13.8. The molecule has 3 heteroatoms. The summed E-state index contributed by atoms with van der Waals surface area (Å²) in [5, 5.41) is 0. The van der Waals surface area contributed by atoms with Gasteiger partial charge in [-0.2, -0.15) is 0 Å². The minimum Gasteiger partial charge on any atom is -0.342 e. The van der Waals surface area contributed by atoms with Gasteiger partial charge in [0.15, 0.2) is 6.73 Å². The lowest BCUT2D eigenvalue weighted by Gasteiger charge is -2.03. The lowest BCUT2D eigenvalue weighted by Crippen LogP contribution is -2.31. The van der Waals surface area contributed by atoms with Crippen molar-refractivity contribution >= 4 is 0 Å². The Morgan fingerprint density at radius 2 is 2.00 bits per heavy atom. The molecular formula is C16H23N2O+. The summed E-state index contributed by atoms with van der Waals surface area (Å²) in [5.41, 5.74) is 1.31. The van der Waals surface area contributed by atoms with Crippen LogP contribution in [0.15, 0.2) is 49.1 Å². The summed E-state index contributed by atoms with van der Waals surface area (Å²) >= 11 is 0. The summed E-state index contributed by atoms with van der Waals surface area (Å²) < 4.78 is 9.88. The van der Waals surface area contributed by atoms with E-state index in [0.717, 1.165) is 19.6 Å². The Labute approximate surface area is 115 Å². The third-order valence-electron chi connectivity index (χ3n) is 3.03. The second kappa shape index (κ2) is 7.10. The molecule has 0 aliphatic carbocycles. The molecule has 0 aliphatic heterocycles. The molecule has 0 radical (unpaired) electrons. The molecule has 2 aromatic rings. The highest BCUT2D eigenvalue weighted by Gasteiger charge is 2.04. The van der Waals surface area contributed by atoms with E-state index in [0.29, 0.717) is 12.6 Å². The number of nitrogens with zero attached hydrogens (tertiary/aromatic N) is 2. The quantitative estimate of drug-likeness (QED) is 0.552. The van der Waals surface area contributed by atoms with E-state index in [2.05, 4.69) is 66.0 Å². The first-order chi connectivity index (χ1) is 9.24. The van der Waals surface area contributed by atoms with Crippen LogP contribution in [0.2, 0.25) is 0 Å². The van der Waals surface area contributed by atoms with Crippen LogP contribution in [0.25, 0.3) is 0 Å². The largest absolute Gasteiger partial charge is 0.342 e. The van der Waals surface area contributed by atoms with E-state index in [4.69, 9.17) is 4.74 Å². The molecular weight excluding hydrogens is 236 g/mol. The van der Waals surface area contributed by atoms with E-state index in [1.807, 2.05) is 6.07 Å². The van der Waals surface area contributed by atoms with Gasteiger partial charge in [0.05, 0.1) is 6.61 Å². The van der Waals surface area contributed by atoms with E-state index in [1.165, 1.54) is 5.56 Å². The Hall–Kier alpha value is -1.61. The fourth-order valence-electron chi connectivity index (χ4n) is 1.89. The molecule has 0 amide bonds. The summed E-state index contributed by atoms with van der Waals surface area (Å²) in [4.78, 5) is 0. The molecule has 0 spiro atoms. The first-order valence-electron chi connectivity index (χ1n) is 6.90. The maximum Gasteiger partial charge on any atom is 0.245 e. The zero-order chi connectivity index (χ0) is 13.5. The molecule has 0 saturated heterocycles. The van der Waals surface area contributed by atoms with Crippen molar-refractivity contribution in [2.45, 2.75) is 33.5 Å². The van der Waals surface area contributed by atoms with Gasteiger partial charge in [0, 0.05) is 0 Å². The van der Waals surface area contributed by atoms with Crippen LogP contribution in [0, 0.1) is 5.92 Å². The molecule has 2 rings (SSSR count). The molecule has 0 aliphatic rings. The number of ether oxygens (including phenoxy) is 1. The molecule has 3 nitrogen and oxygen atoms in total. The Bertz CT molecular complexity index is 477. The van der Waals surface area contributed by atoms with Crippen molar-refractivity contribution in [3.05, 3.63) is 54.6 Å². The standard InChI is InChI=1S/C16H23N2O/c1-15(2)8-11-19-14-18-10-9-17(13-18)12-16-6-4-3-5-7-16/h3-7,9-10,13,15H,8,11-12,14H2,1-2H3/q+1. The van der Waals surface area contributed by atoms with Crippen molar-refractivity contribution in [2.75, 3.05) is 6.61 Å². The molecule has 19 heavy (non-hydrogen) atoms. The van der Waals surface area contributed by atoms with Crippen LogP contribution in [-0.2, 0) is 18.0 Å². The molecule has 0 fully saturated rings. The van der Waals surface area contributed by atoms with Gasteiger partial charge in [-0.3, -0.25) is 0 Å². The SMILES string of the molecule is CC(C)CCOCn1cc[n+](Cc2ccccc2)c1. The maximum atomic E-state index is 5.64. The average molecular weight is 259 g/mol. The first-order valence-corrected chi connectivity index (χ1v) is 6.90. The highest BCUT2D eigenvalue weighted by molar-refractivity contribution is 5.13. The van der Waals surface area contributed by atoms with Crippen molar-refractivity contribution < 1.29 is 9.30 Å². The number of benzene rings is 1. The van der Waals surface area contributed by atoms with Crippen LogP contribution in [0.4, 0.5) is 0 Å². The van der Waals surface area contributed by atoms with E-state index in [1.54, 1.807) is 0 Å². The number of aromatic nitrogens is 2. The van der Waals surface area contributed by atoms with E-state index >= 15 is 0 Å². The smallest absolute Gasteiger partial charge is 0.245 e. The van der Waals surface area contributed by atoms with Crippen molar-refractivity contribution in [3.8, 4) is 0 Å². The van der Waals surface area contributed by atoms with Crippen molar-refractivity contribution in [1.82, 2.24) is 4.57 Å². The Kier molecular flexibility index (Phi) is 5.16. The van der Waals surface area contributed by atoms with Crippen LogP contribution < -0.4 is 4.57 Å². The fraction of sp³-hybridized carbons (Fsp3) is 0.438. The number of imidazole rings is 1. The lowest BCUT2D eigenvalue weighted by molar-refractivity contribution is -0.688. The molecule has 1 aromatic heterocycles.